The summed E-state index contributed by atoms with van der Waals surface area (Å²) < 4.78 is 46.7. The van der Waals surface area contributed by atoms with Gasteiger partial charge in [-0.15, -0.1) is 0 Å². The van der Waals surface area contributed by atoms with E-state index < -0.39 is 15.8 Å². The highest BCUT2D eigenvalue weighted by molar-refractivity contribution is 7.89. The summed E-state index contributed by atoms with van der Waals surface area (Å²) in [6, 6.07) is 9.93. The molecule has 10 heteroatoms. The number of hydrogen-bond acceptors (Lipinski definition) is 5. The van der Waals surface area contributed by atoms with Crippen LogP contribution in [0.15, 0.2) is 47.4 Å². The van der Waals surface area contributed by atoms with Crippen LogP contribution < -0.4 is 10.1 Å². The summed E-state index contributed by atoms with van der Waals surface area (Å²) in [6.07, 6.45) is 0.0311. The number of nitrogens with one attached hydrogen (secondary N) is 1. The van der Waals surface area contributed by atoms with Crippen LogP contribution >= 0.6 is 11.6 Å². The fourth-order valence-electron chi connectivity index (χ4n) is 3.36. The van der Waals surface area contributed by atoms with Crippen molar-refractivity contribution in [1.82, 2.24) is 14.5 Å². The molecule has 1 N–H and O–H groups in total. The number of rotatable bonds is 8. The van der Waals surface area contributed by atoms with Crippen LogP contribution in [0.2, 0.25) is 5.02 Å². The zero-order valence-corrected chi connectivity index (χ0v) is 18.8. The van der Waals surface area contributed by atoms with Crippen molar-refractivity contribution >= 4 is 27.5 Å². The topological polar surface area (TPSA) is 79.0 Å². The lowest BCUT2D eigenvalue weighted by Gasteiger charge is -2.29. The van der Waals surface area contributed by atoms with E-state index in [9.17, 15) is 17.6 Å². The monoisotopic (exact) mass is 469 g/mol. The molecule has 0 atom stereocenters. The van der Waals surface area contributed by atoms with Gasteiger partial charge >= 0.3 is 0 Å². The first kappa shape index (κ1) is 23.5. The Kier molecular flexibility index (Phi) is 7.88. The van der Waals surface area contributed by atoms with Gasteiger partial charge in [0, 0.05) is 50.7 Å². The van der Waals surface area contributed by atoms with Gasteiger partial charge in [0.25, 0.3) is 0 Å². The molecule has 168 valence electrons. The highest BCUT2D eigenvalue weighted by atomic mass is 35.5. The molecule has 1 aliphatic rings. The van der Waals surface area contributed by atoms with Crippen LogP contribution in [-0.2, 0) is 21.4 Å². The first-order valence-electron chi connectivity index (χ1n) is 9.88. The van der Waals surface area contributed by atoms with E-state index in [0.717, 1.165) is 0 Å². The third-order valence-electron chi connectivity index (χ3n) is 5.06. The molecular weight excluding hydrogens is 445 g/mol. The molecule has 1 aliphatic heterocycles. The number of piperazine rings is 1. The van der Waals surface area contributed by atoms with Crippen molar-refractivity contribution in [2.45, 2.75) is 17.9 Å². The van der Waals surface area contributed by atoms with Gasteiger partial charge in [0.15, 0.2) is 0 Å². The second-order valence-corrected chi connectivity index (χ2v) is 9.48. The summed E-state index contributed by atoms with van der Waals surface area (Å²) >= 11 is 6.04. The van der Waals surface area contributed by atoms with E-state index in [4.69, 9.17) is 16.3 Å². The normalized spacial score (nSPS) is 14.6. The Morgan fingerprint density at radius 2 is 1.87 bits per heavy atom. The van der Waals surface area contributed by atoms with Crippen molar-refractivity contribution in [2.75, 3.05) is 39.8 Å². The summed E-state index contributed by atoms with van der Waals surface area (Å²) in [5.74, 6) is -0.371. The Morgan fingerprint density at radius 1 is 1.19 bits per heavy atom. The van der Waals surface area contributed by atoms with Crippen LogP contribution in [0.5, 0.6) is 5.75 Å². The second kappa shape index (κ2) is 10.4. The van der Waals surface area contributed by atoms with Crippen LogP contribution in [0.4, 0.5) is 4.39 Å². The molecule has 1 saturated heterocycles. The molecule has 0 radical (unpaired) electrons. The Labute approximate surface area is 186 Å². The third kappa shape index (κ3) is 5.94. The smallest absolute Gasteiger partial charge is 0.247 e. The van der Waals surface area contributed by atoms with Gasteiger partial charge < -0.3 is 15.0 Å². The van der Waals surface area contributed by atoms with Crippen molar-refractivity contribution in [1.29, 1.82) is 0 Å². The SMILES string of the molecule is COc1ccc(Cl)cc1S(=O)(=O)N(CCC(=O)N1CCNCC1)Cc1ccc(F)cc1. The van der Waals surface area contributed by atoms with Crippen LogP contribution in [0.3, 0.4) is 0 Å². The quantitative estimate of drug-likeness (QED) is 0.642. The minimum atomic E-state index is -4.05. The molecule has 0 saturated carbocycles. The van der Waals surface area contributed by atoms with Crippen molar-refractivity contribution in [3.8, 4) is 5.75 Å². The first-order chi connectivity index (χ1) is 14.8. The molecule has 2 aromatic rings. The molecule has 0 bridgehead atoms. The molecule has 3 rings (SSSR count). The van der Waals surface area contributed by atoms with E-state index >= 15 is 0 Å². The number of benzene rings is 2. The van der Waals surface area contributed by atoms with Gasteiger partial charge in [-0.25, -0.2) is 12.8 Å². The number of carbonyl (C=O) groups is 1. The minimum Gasteiger partial charge on any atom is -0.495 e. The number of carbonyl (C=O) groups excluding carboxylic acids is 1. The average molecular weight is 470 g/mol. The third-order valence-corrected chi connectivity index (χ3v) is 7.16. The predicted octanol–water partition coefficient (Wildman–Crippen LogP) is 2.50. The van der Waals surface area contributed by atoms with Crippen LogP contribution in [0.1, 0.15) is 12.0 Å². The summed E-state index contributed by atoms with van der Waals surface area (Å²) in [5, 5.41) is 3.43. The molecule has 0 spiro atoms. The summed E-state index contributed by atoms with van der Waals surface area (Å²) in [4.78, 5) is 14.3. The van der Waals surface area contributed by atoms with E-state index in [2.05, 4.69) is 5.32 Å². The summed E-state index contributed by atoms with van der Waals surface area (Å²) in [6.45, 7) is 2.55. The molecule has 0 aliphatic carbocycles. The molecule has 1 fully saturated rings. The summed E-state index contributed by atoms with van der Waals surface area (Å²) in [7, 11) is -2.68. The lowest BCUT2D eigenvalue weighted by molar-refractivity contribution is -0.131. The summed E-state index contributed by atoms with van der Waals surface area (Å²) in [5.41, 5.74) is 0.598. The molecule has 0 aromatic heterocycles. The van der Waals surface area contributed by atoms with Crippen molar-refractivity contribution in [3.63, 3.8) is 0 Å². The standard InChI is InChI=1S/C21H25ClFN3O4S/c1-30-19-7-4-17(22)14-20(19)31(28,29)26(15-16-2-5-18(23)6-3-16)11-8-21(27)25-12-9-24-10-13-25/h2-7,14,24H,8-13,15H2,1H3. The molecule has 7 nitrogen and oxygen atoms in total. The Bertz CT molecular complexity index is 1010. The maximum absolute atomic E-state index is 13.5. The Morgan fingerprint density at radius 3 is 2.52 bits per heavy atom. The van der Waals surface area contributed by atoms with Gasteiger partial charge in [0.2, 0.25) is 15.9 Å². The number of halogens is 2. The number of methoxy groups -OCH3 is 1. The molecular formula is C21H25ClFN3O4S. The van der Waals surface area contributed by atoms with Crippen LogP contribution in [-0.4, -0.2) is 63.4 Å². The van der Waals surface area contributed by atoms with Gasteiger partial charge in [0.1, 0.15) is 16.5 Å². The number of hydrogen-bond donors (Lipinski definition) is 1. The first-order valence-corrected chi connectivity index (χ1v) is 11.7. The van der Waals surface area contributed by atoms with Crippen molar-refractivity contribution in [3.05, 3.63) is 58.9 Å². The number of sulfonamides is 1. The number of nitrogens with zero attached hydrogens (tertiary/aromatic N) is 2. The predicted molar refractivity (Wildman–Crippen MR) is 116 cm³/mol. The van der Waals surface area contributed by atoms with E-state index in [1.807, 2.05) is 0 Å². The van der Waals surface area contributed by atoms with E-state index in [1.54, 1.807) is 4.90 Å². The Balaban J connectivity index is 1.87. The maximum Gasteiger partial charge on any atom is 0.247 e. The molecule has 31 heavy (non-hydrogen) atoms. The highest BCUT2D eigenvalue weighted by Gasteiger charge is 2.29. The largest absolute Gasteiger partial charge is 0.495 e. The molecule has 0 unspecified atom stereocenters. The average Bonchev–Trinajstić information content (AvgIpc) is 2.78. The van der Waals surface area contributed by atoms with Crippen molar-refractivity contribution < 1.29 is 22.3 Å². The van der Waals surface area contributed by atoms with Gasteiger partial charge in [-0.3, -0.25) is 4.79 Å². The number of ether oxygens (including phenoxy) is 1. The van der Waals surface area contributed by atoms with Crippen LogP contribution in [0, 0.1) is 5.82 Å². The Hall–Kier alpha value is -2.20. The second-order valence-electron chi connectivity index (χ2n) is 7.14. The lowest BCUT2D eigenvalue weighted by Crippen LogP contribution is -2.47. The minimum absolute atomic E-state index is 0.0207. The highest BCUT2D eigenvalue weighted by Crippen LogP contribution is 2.30. The van der Waals surface area contributed by atoms with E-state index in [0.29, 0.717) is 31.7 Å². The van der Waals surface area contributed by atoms with Gasteiger partial charge in [-0.05, 0) is 35.9 Å². The van der Waals surface area contributed by atoms with E-state index in [1.165, 1.54) is 53.9 Å². The van der Waals surface area contributed by atoms with Crippen molar-refractivity contribution in [2.24, 2.45) is 0 Å². The van der Waals surface area contributed by atoms with Crippen LogP contribution in [0.25, 0.3) is 0 Å². The maximum atomic E-state index is 13.5. The molecule has 1 heterocycles. The molecule has 2 aromatic carbocycles. The fourth-order valence-corrected chi connectivity index (χ4v) is 5.21. The molecule has 1 amide bonds. The van der Waals surface area contributed by atoms with Gasteiger partial charge in [-0.2, -0.15) is 4.31 Å². The van der Waals surface area contributed by atoms with Gasteiger partial charge in [0.05, 0.1) is 7.11 Å². The van der Waals surface area contributed by atoms with Gasteiger partial charge in [-0.1, -0.05) is 23.7 Å². The fraction of sp³-hybridized carbons (Fsp3) is 0.381. The zero-order valence-electron chi connectivity index (χ0n) is 17.2. The lowest BCUT2D eigenvalue weighted by atomic mass is 10.2. The zero-order chi connectivity index (χ0) is 22.4. The van der Waals surface area contributed by atoms with E-state index in [-0.39, 0.29) is 41.1 Å². The number of amides is 1.